The Balaban J connectivity index is 2.98. The first-order chi connectivity index (χ1) is 8.51. The number of carbonyl (C=O) groups is 1. The molecule has 5 heteroatoms. The van der Waals surface area contributed by atoms with Gasteiger partial charge in [-0.2, -0.15) is 0 Å². The number of methoxy groups -OCH3 is 1. The van der Waals surface area contributed by atoms with Gasteiger partial charge in [-0.25, -0.2) is 4.39 Å². The summed E-state index contributed by atoms with van der Waals surface area (Å²) in [4.78, 5) is 13.9. The van der Waals surface area contributed by atoms with Crippen LogP contribution < -0.4 is 4.74 Å². The molecule has 0 saturated heterocycles. The van der Waals surface area contributed by atoms with E-state index in [1.165, 1.54) is 19.2 Å². The highest BCUT2D eigenvalue weighted by Crippen LogP contribution is 2.19. The maximum absolute atomic E-state index is 13.6. The number of halogens is 2. The smallest absolute Gasteiger partial charge is 0.254 e. The van der Waals surface area contributed by atoms with E-state index in [9.17, 15) is 9.18 Å². The van der Waals surface area contributed by atoms with Crippen molar-refractivity contribution in [2.24, 2.45) is 0 Å². The Morgan fingerprint density at radius 1 is 1.50 bits per heavy atom. The molecule has 0 aliphatic rings. The molecule has 0 bridgehead atoms. The normalized spacial score (nSPS) is 10.6. The van der Waals surface area contributed by atoms with Gasteiger partial charge in [0.1, 0.15) is 0 Å². The van der Waals surface area contributed by atoms with Gasteiger partial charge in [0.25, 0.3) is 5.91 Å². The molecular formula is C13H17BrFNO2. The van der Waals surface area contributed by atoms with Crippen molar-refractivity contribution in [1.82, 2.24) is 4.90 Å². The first-order valence-electron chi connectivity index (χ1n) is 5.71. The number of amides is 1. The van der Waals surface area contributed by atoms with Gasteiger partial charge in [0.15, 0.2) is 11.6 Å². The monoisotopic (exact) mass is 317 g/mol. The largest absolute Gasteiger partial charge is 0.494 e. The Morgan fingerprint density at radius 3 is 2.61 bits per heavy atom. The molecule has 1 amide bonds. The second kappa shape index (κ2) is 6.73. The minimum atomic E-state index is -0.522. The third-order valence-electron chi connectivity index (χ3n) is 2.61. The average molecular weight is 318 g/mol. The lowest BCUT2D eigenvalue weighted by atomic mass is 10.1. The molecule has 0 spiro atoms. The van der Waals surface area contributed by atoms with Crippen molar-refractivity contribution in [2.45, 2.75) is 19.9 Å². The van der Waals surface area contributed by atoms with Gasteiger partial charge in [-0.05, 0) is 32.0 Å². The molecule has 0 saturated carbocycles. The Bertz CT molecular complexity index is 423. The van der Waals surface area contributed by atoms with E-state index in [1.54, 1.807) is 11.0 Å². The van der Waals surface area contributed by atoms with Crippen LogP contribution >= 0.6 is 15.9 Å². The average Bonchev–Trinajstić information content (AvgIpc) is 2.34. The highest BCUT2D eigenvalue weighted by molar-refractivity contribution is 9.09. The highest BCUT2D eigenvalue weighted by atomic mass is 79.9. The molecule has 18 heavy (non-hydrogen) atoms. The van der Waals surface area contributed by atoms with Crippen molar-refractivity contribution in [3.8, 4) is 5.75 Å². The van der Waals surface area contributed by atoms with Crippen LogP contribution in [0.1, 0.15) is 24.2 Å². The molecule has 1 aromatic rings. The Labute approximate surface area is 115 Å². The van der Waals surface area contributed by atoms with E-state index in [1.807, 2.05) is 13.8 Å². The molecule has 0 aliphatic heterocycles. The lowest BCUT2D eigenvalue weighted by molar-refractivity contribution is 0.0719. The van der Waals surface area contributed by atoms with Crippen LogP contribution in [-0.2, 0) is 0 Å². The second-order valence-electron chi connectivity index (χ2n) is 4.13. The number of alkyl halides is 1. The standard InChI is InChI=1S/C13H17BrFNO2/c1-9(2)16(7-6-14)13(17)10-4-5-12(18-3)11(15)8-10/h4-5,8-9H,6-7H2,1-3H3. The van der Waals surface area contributed by atoms with Gasteiger partial charge >= 0.3 is 0 Å². The van der Waals surface area contributed by atoms with Crippen LogP contribution in [0, 0.1) is 5.82 Å². The van der Waals surface area contributed by atoms with Crippen molar-refractivity contribution >= 4 is 21.8 Å². The van der Waals surface area contributed by atoms with Crippen LogP contribution in [0.4, 0.5) is 4.39 Å². The number of benzene rings is 1. The minimum absolute atomic E-state index is 0.0696. The van der Waals surface area contributed by atoms with Crippen LogP contribution in [0.25, 0.3) is 0 Å². The molecule has 0 atom stereocenters. The zero-order chi connectivity index (χ0) is 13.7. The fourth-order valence-electron chi connectivity index (χ4n) is 1.65. The molecule has 0 heterocycles. The summed E-state index contributed by atoms with van der Waals surface area (Å²) in [6.45, 7) is 4.45. The summed E-state index contributed by atoms with van der Waals surface area (Å²) in [6.07, 6.45) is 0. The summed E-state index contributed by atoms with van der Waals surface area (Å²) in [7, 11) is 1.39. The van der Waals surface area contributed by atoms with E-state index in [4.69, 9.17) is 4.74 Å². The molecule has 0 N–H and O–H groups in total. The number of rotatable bonds is 5. The molecule has 1 aromatic carbocycles. The van der Waals surface area contributed by atoms with Crippen LogP contribution in [-0.4, -0.2) is 35.8 Å². The second-order valence-corrected chi connectivity index (χ2v) is 4.92. The van der Waals surface area contributed by atoms with Gasteiger partial charge < -0.3 is 9.64 Å². The zero-order valence-corrected chi connectivity index (χ0v) is 12.3. The summed E-state index contributed by atoms with van der Waals surface area (Å²) >= 11 is 3.31. The van der Waals surface area contributed by atoms with Crippen molar-refractivity contribution in [1.29, 1.82) is 0 Å². The Morgan fingerprint density at radius 2 is 2.17 bits per heavy atom. The summed E-state index contributed by atoms with van der Waals surface area (Å²) in [5.74, 6) is -0.556. The zero-order valence-electron chi connectivity index (χ0n) is 10.7. The number of hydrogen-bond acceptors (Lipinski definition) is 2. The molecule has 0 aromatic heterocycles. The summed E-state index contributed by atoms with van der Waals surface area (Å²) in [6, 6.07) is 4.33. The van der Waals surface area contributed by atoms with E-state index in [2.05, 4.69) is 15.9 Å². The summed E-state index contributed by atoms with van der Waals surface area (Å²) < 4.78 is 18.4. The number of ether oxygens (including phenoxy) is 1. The van der Waals surface area contributed by atoms with E-state index in [-0.39, 0.29) is 17.7 Å². The van der Waals surface area contributed by atoms with Crippen molar-refractivity contribution in [2.75, 3.05) is 19.0 Å². The SMILES string of the molecule is COc1ccc(C(=O)N(CCBr)C(C)C)cc1F. The molecule has 0 radical (unpaired) electrons. The van der Waals surface area contributed by atoms with E-state index in [0.717, 1.165) is 0 Å². The molecular weight excluding hydrogens is 301 g/mol. The van der Waals surface area contributed by atoms with Crippen LogP contribution in [0.2, 0.25) is 0 Å². The first kappa shape index (κ1) is 15.0. The number of hydrogen-bond donors (Lipinski definition) is 0. The van der Waals surface area contributed by atoms with Crippen LogP contribution in [0.15, 0.2) is 18.2 Å². The molecule has 3 nitrogen and oxygen atoms in total. The minimum Gasteiger partial charge on any atom is -0.494 e. The fourth-order valence-corrected chi connectivity index (χ4v) is 2.03. The third kappa shape index (κ3) is 3.45. The van der Waals surface area contributed by atoms with E-state index < -0.39 is 5.82 Å². The lowest BCUT2D eigenvalue weighted by Crippen LogP contribution is -2.38. The molecule has 100 valence electrons. The van der Waals surface area contributed by atoms with E-state index in [0.29, 0.717) is 17.4 Å². The van der Waals surface area contributed by atoms with Crippen LogP contribution in [0.5, 0.6) is 5.75 Å². The lowest BCUT2D eigenvalue weighted by Gasteiger charge is -2.26. The molecule has 1 rings (SSSR count). The maximum Gasteiger partial charge on any atom is 0.254 e. The van der Waals surface area contributed by atoms with Gasteiger partial charge in [-0.1, -0.05) is 15.9 Å². The number of nitrogens with zero attached hydrogens (tertiary/aromatic N) is 1. The van der Waals surface area contributed by atoms with Crippen molar-refractivity contribution in [3.05, 3.63) is 29.6 Å². The molecule has 0 unspecified atom stereocenters. The van der Waals surface area contributed by atoms with Gasteiger partial charge in [-0.15, -0.1) is 0 Å². The molecule has 0 fully saturated rings. The van der Waals surface area contributed by atoms with Crippen molar-refractivity contribution in [3.63, 3.8) is 0 Å². The number of carbonyl (C=O) groups excluding carboxylic acids is 1. The van der Waals surface area contributed by atoms with Gasteiger partial charge in [-0.3, -0.25) is 4.79 Å². The first-order valence-corrected chi connectivity index (χ1v) is 6.83. The van der Waals surface area contributed by atoms with E-state index >= 15 is 0 Å². The van der Waals surface area contributed by atoms with Crippen LogP contribution in [0.3, 0.4) is 0 Å². The maximum atomic E-state index is 13.6. The van der Waals surface area contributed by atoms with Crippen molar-refractivity contribution < 1.29 is 13.9 Å². The Hall–Kier alpha value is -1.10. The highest BCUT2D eigenvalue weighted by Gasteiger charge is 2.19. The van der Waals surface area contributed by atoms with Gasteiger partial charge in [0.05, 0.1) is 7.11 Å². The predicted molar refractivity (Wildman–Crippen MR) is 72.9 cm³/mol. The predicted octanol–water partition coefficient (Wildman–Crippen LogP) is 3.08. The third-order valence-corrected chi connectivity index (χ3v) is 2.96. The van der Waals surface area contributed by atoms with Gasteiger partial charge in [0.2, 0.25) is 0 Å². The Kier molecular flexibility index (Phi) is 5.59. The fraction of sp³-hybridized carbons (Fsp3) is 0.462. The summed E-state index contributed by atoms with van der Waals surface area (Å²) in [5, 5.41) is 0.690. The summed E-state index contributed by atoms with van der Waals surface area (Å²) in [5.41, 5.74) is 0.336. The van der Waals surface area contributed by atoms with Gasteiger partial charge in [0, 0.05) is 23.5 Å². The topological polar surface area (TPSA) is 29.5 Å². The quantitative estimate of drug-likeness (QED) is 0.781. The molecule has 0 aliphatic carbocycles.